The van der Waals surface area contributed by atoms with Gasteiger partial charge in [0.1, 0.15) is 12.1 Å². The zero-order chi connectivity index (χ0) is 13.7. The number of carbonyl (C=O) groups excluding carboxylic acids is 1. The average Bonchev–Trinajstić information content (AvgIpc) is 2.45. The van der Waals surface area contributed by atoms with E-state index in [1.807, 2.05) is 30.3 Å². The third-order valence-electron chi connectivity index (χ3n) is 2.57. The van der Waals surface area contributed by atoms with E-state index in [4.69, 9.17) is 5.26 Å². The first kappa shape index (κ1) is 12.6. The number of benzene rings is 1. The van der Waals surface area contributed by atoms with E-state index in [9.17, 15) is 9.59 Å². The molecular formula is C14H11N3O2. The number of hydrogen-bond acceptors (Lipinski definition) is 3. The summed E-state index contributed by atoms with van der Waals surface area (Å²) in [6, 6.07) is 14.2. The second kappa shape index (κ2) is 5.65. The van der Waals surface area contributed by atoms with Gasteiger partial charge in [0.2, 0.25) is 0 Å². The maximum absolute atomic E-state index is 11.8. The van der Waals surface area contributed by atoms with E-state index in [0.717, 1.165) is 5.56 Å². The van der Waals surface area contributed by atoms with Crippen molar-refractivity contribution in [1.82, 2.24) is 10.3 Å². The fourth-order valence-electron chi connectivity index (χ4n) is 1.65. The lowest BCUT2D eigenvalue weighted by Crippen LogP contribution is -2.29. The van der Waals surface area contributed by atoms with Crippen LogP contribution in [0.25, 0.3) is 11.3 Å². The second-order valence-electron chi connectivity index (χ2n) is 3.82. The Morgan fingerprint density at radius 3 is 2.58 bits per heavy atom. The van der Waals surface area contributed by atoms with Gasteiger partial charge in [-0.3, -0.25) is 9.59 Å². The minimum Gasteiger partial charge on any atom is -0.339 e. The smallest absolute Gasteiger partial charge is 0.261 e. The van der Waals surface area contributed by atoms with Gasteiger partial charge in [0, 0.05) is 5.69 Å². The Hall–Kier alpha value is -2.87. The molecule has 5 nitrogen and oxygen atoms in total. The molecule has 19 heavy (non-hydrogen) atoms. The Labute approximate surface area is 109 Å². The van der Waals surface area contributed by atoms with Crippen molar-refractivity contribution in [3.63, 3.8) is 0 Å². The lowest BCUT2D eigenvalue weighted by Gasteiger charge is -2.03. The van der Waals surface area contributed by atoms with Gasteiger partial charge in [-0.2, -0.15) is 5.26 Å². The number of nitrogens with zero attached hydrogens (tertiary/aromatic N) is 1. The van der Waals surface area contributed by atoms with Gasteiger partial charge in [-0.25, -0.2) is 0 Å². The van der Waals surface area contributed by atoms with Gasteiger partial charge >= 0.3 is 0 Å². The summed E-state index contributed by atoms with van der Waals surface area (Å²) in [5.74, 6) is -0.553. The van der Waals surface area contributed by atoms with Gasteiger partial charge in [-0.15, -0.1) is 0 Å². The Bertz CT molecular complexity index is 684. The van der Waals surface area contributed by atoms with Crippen LogP contribution in [0.3, 0.4) is 0 Å². The van der Waals surface area contributed by atoms with E-state index in [1.54, 1.807) is 12.1 Å². The molecule has 0 saturated heterocycles. The van der Waals surface area contributed by atoms with Crippen molar-refractivity contribution < 1.29 is 4.79 Å². The van der Waals surface area contributed by atoms with E-state index in [1.165, 1.54) is 6.07 Å². The number of H-pyrrole nitrogens is 1. The van der Waals surface area contributed by atoms with Gasteiger partial charge in [-0.1, -0.05) is 30.3 Å². The SMILES string of the molecule is N#CCNC(=O)c1ccc(-c2ccccc2)[nH]c1=O. The summed E-state index contributed by atoms with van der Waals surface area (Å²) in [4.78, 5) is 26.1. The van der Waals surface area contributed by atoms with Crippen LogP contribution in [-0.2, 0) is 0 Å². The van der Waals surface area contributed by atoms with Crippen LogP contribution in [0.5, 0.6) is 0 Å². The molecule has 1 aromatic carbocycles. The molecule has 0 radical (unpaired) electrons. The van der Waals surface area contributed by atoms with Gasteiger partial charge in [-0.05, 0) is 17.7 Å². The molecule has 0 aliphatic heterocycles. The monoisotopic (exact) mass is 253 g/mol. The number of aromatic amines is 1. The summed E-state index contributed by atoms with van der Waals surface area (Å²) in [6.45, 7) is -0.126. The summed E-state index contributed by atoms with van der Waals surface area (Å²) < 4.78 is 0. The van der Waals surface area contributed by atoms with Crippen LogP contribution in [-0.4, -0.2) is 17.4 Å². The fraction of sp³-hybridized carbons (Fsp3) is 0.0714. The minimum atomic E-state index is -0.553. The number of hydrogen-bond donors (Lipinski definition) is 2. The van der Waals surface area contributed by atoms with E-state index in [-0.39, 0.29) is 12.1 Å². The molecule has 2 rings (SSSR count). The molecule has 2 aromatic rings. The zero-order valence-corrected chi connectivity index (χ0v) is 10.0. The predicted octanol–water partition coefficient (Wildman–Crippen LogP) is 1.30. The van der Waals surface area contributed by atoms with Crippen molar-refractivity contribution in [2.45, 2.75) is 0 Å². The van der Waals surface area contributed by atoms with Gasteiger partial charge in [0.05, 0.1) is 6.07 Å². The Morgan fingerprint density at radius 1 is 1.21 bits per heavy atom. The topological polar surface area (TPSA) is 85.8 Å². The number of rotatable bonds is 3. The van der Waals surface area contributed by atoms with Crippen molar-refractivity contribution in [3.05, 3.63) is 58.4 Å². The van der Waals surface area contributed by atoms with Crippen LogP contribution in [0, 0.1) is 11.3 Å². The second-order valence-corrected chi connectivity index (χ2v) is 3.82. The molecular weight excluding hydrogens is 242 g/mol. The van der Waals surface area contributed by atoms with Gasteiger partial charge < -0.3 is 10.3 Å². The molecule has 5 heteroatoms. The normalized spacial score (nSPS) is 9.63. The molecule has 0 fully saturated rings. The zero-order valence-electron chi connectivity index (χ0n) is 10.0. The van der Waals surface area contributed by atoms with Crippen LogP contribution in [0.15, 0.2) is 47.3 Å². The Balaban J connectivity index is 2.31. The number of aromatic nitrogens is 1. The van der Waals surface area contributed by atoms with E-state index >= 15 is 0 Å². The highest BCUT2D eigenvalue weighted by Gasteiger charge is 2.10. The first-order chi connectivity index (χ1) is 9.22. The van der Waals surface area contributed by atoms with Crippen molar-refractivity contribution in [1.29, 1.82) is 5.26 Å². The Morgan fingerprint density at radius 2 is 1.95 bits per heavy atom. The standard InChI is InChI=1S/C14H11N3O2/c15-8-9-16-13(18)11-6-7-12(17-14(11)19)10-4-2-1-3-5-10/h1-7H,9H2,(H,16,18)(H,17,19). The molecule has 0 atom stereocenters. The molecule has 0 unspecified atom stereocenters. The first-order valence-electron chi connectivity index (χ1n) is 5.66. The summed E-state index contributed by atoms with van der Waals surface area (Å²) in [7, 11) is 0. The Kier molecular flexibility index (Phi) is 3.74. The van der Waals surface area contributed by atoms with Crippen LogP contribution < -0.4 is 10.9 Å². The lowest BCUT2D eigenvalue weighted by atomic mass is 10.1. The number of nitrogens with one attached hydrogen (secondary N) is 2. The summed E-state index contributed by atoms with van der Waals surface area (Å²) in [5.41, 5.74) is 1.03. The molecule has 94 valence electrons. The molecule has 1 amide bonds. The van der Waals surface area contributed by atoms with Crippen molar-refractivity contribution in [3.8, 4) is 17.3 Å². The summed E-state index contributed by atoms with van der Waals surface area (Å²) >= 11 is 0. The van der Waals surface area contributed by atoms with Crippen molar-refractivity contribution in [2.24, 2.45) is 0 Å². The molecule has 0 saturated carbocycles. The molecule has 1 heterocycles. The first-order valence-corrected chi connectivity index (χ1v) is 5.66. The maximum atomic E-state index is 11.8. The molecule has 0 aliphatic carbocycles. The highest BCUT2D eigenvalue weighted by molar-refractivity contribution is 5.94. The van der Waals surface area contributed by atoms with E-state index < -0.39 is 11.5 Å². The average molecular weight is 253 g/mol. The molecule has 0 spiro atoms. The van der Waals surface area contributed by atoms with E-state index in [0.29, 0.717) is 5.69 Å². The van der Waals surface area contributed by atoms with Crippen LogP contribution in [0.1, 0.15) is 10.4 Å². The van der Waals surface area contributed by atoms with Gasteiger partial charge in [0.15, 0.2) is 0 Å². The maximum Gasteiger partial charge on any atom is 0.261 e. The van der Waals surface area contributed by atoms with Gasteiger partial charge in [0.25, 0.3) is 11.5 Å². The van der Waals surface area contributed by atoms with Crippen LogP contribution in [0.2, 0.25) is 0 Å². The molecule has 2 N–H and O–H groups in total. The molecule has 1 aromatic heterocycles. The number of nitriles is 1. The third kappa shape index (κ3) is 2.87. The van der Waals surface area contributed by atoms with Crippen LogP contribution in [0.4, 0.5) is 0 Å². The van der Waals surface area contributed by atoms with E-state index in [2.05, 4.69) is 10.3 Å². The number of carbonyl (C=O) groups is 1. The van der Waals surface area contributed by atoms with Crippen molar-refractivity contribution in [2.75, 3.05) is 6.54 Å². The highest BCUT2D eigenvalue weighted by atomic mass is 16.2. The minimum absolute atomic E-state index is 0.00469. The lowest BCUT2D eigenvalue weighted by molar-refractivity contribution is 0.0957. The highest BCUT2D eigenvalue weighted by Crippen LogP contribution is 2.14. The molecule has 0 bridgehead atoms. The van der Waals surface area contributed by atoms with Crippen molar-refractivity contribution >= 4 is 5.91 Å². The number of pyridine rings is 1. The predicted molar refractivity (Wildman–Crippen MR) is 70.4 cm³/mol. The third-order valence-corrected chi connectivity index (χ3v) is 2.57. The summed E-state index contributed by atoms with van der Waals surface area (Å²) in [6.07, 6.45) is 0. The summed E-state index contributed by atoms with van der Waals surface area (Å²) in [5, 5.41) is 10.7. The van der Waals surface area contributed by atoms with Crippen LogP contribution >= 0.6 is 0 Å². The fourth-order valence-corrected chi connectivity index (χ4v) is 1.65. The quantitative estimate of drug-likeness (QED) is 0.808. The largest absolute Gasteiger partial charge is 0.339 e. The number of amides is 1. The molecule has 0 aliphatic rings.